The van der Waals surface area contributed by atoms with Gasteiger partial charge in [0.2, 0.25) is 0 Å². The molecule has 0 bridgehead atoms. The second-order valence-electron chi connectivity index (χ2n) is 7.17. The van der Waals surface area contributed by atoms with Crippen molar-refractivity contribution in [3.8, 4) is 0 Å². The van der Waals surface area contributed by atoms with Crippen molar-refractivity contribution in [2.45, 2.75) is 25.3 Å². The Kier molecular flexibility index (Phi) is 5.12. The number of hydrogen-bond donors (Lipinski definition) is 1. The van der Waals surface area contributed by atoms with Crippen molar-refractivity contribution in [2.75, 3.05) is 13.1 Å². The highest BCUT2D eigenvalue weighted by Gasteiger charge is 2.29. The predicted molar refractivity (Wildman–Crippen MR) is 104 cm³/mol. The van der Waals surface area contributed by atoms with E-state index in [-0.39, 0.29) is 12.0 Å². The lowest BCUT2D eigenvalue weighted by atomic mass is 9.92. The van der Waals surface area contributed by atoms with Crippen LogP contribution in [-0.4, -0.2) is 39.0 Å². The summed E-state index contributed by atoms with van der Waals surface area (Å²) in [4.78, 5) is 22.4. The minimum atomic E-state index is -0.672. The van der Waals surface area contributed by atoms with Crippen molar-refractivity contribution < 1.29 is 9.90 Å². The third-order valence-electron chi connectivity index (χ3n) is 5.50. The van der Waals surface area contributed by atoms with Gasteiger partial charge in [-0.2, -0.15) is 0 Å². The Bertz CT molecular complexity index is 921. The normalized spacial score (nSPS) is 17.0. The summed E-state index contributed by atoms with van der Waals surface area (Å²) in [5, 5.41) is 11.6. The number of carbonyl (C=O) groups is 1. The minimum Gasteiger partial charge on any atom is -0.481 e. The van der Waals surface area contributed by atoms with E-state index in [0.717, 1.165) is 30.6 Å². The zero-order valence-corrected chi connectivity index (χ0v) is 15.2. The molecule has 3 aromatic rings. The highest BCUT2D eigenvalue weighted by atomic mass is 16.4. The summed E-state index contributed by atoms with van der Waals surface area (Å²) in [7, 11) is 0. The SMILES string of the molecule is O=C(O)C1CCN(C(Cc2ccccn2)c2ccc3cnccc3c2)CC1. The molecule has 138 valence electrons. The van der Waals surface area contributed by atoms with Gasteiger partial charge in [0.15, 0.2) is 0 Å². The topological polar surface area (TPSA) is 66.3 Å². The number of carboxylic acid groups (broad SMARTS) is 1. The van der Waals surface area contributed by atoms with E-state index in [4.69, 9.17) is 0 Å². The molecule has 1 aromatic carbocycles. The first-order valence-corrected chi connectivity index (χ1v) is 9.41. The summed E-state index contributed by atoms with van der Waals surface area (Å²) in [5.41, 5.74) is 2.30. The largest absolute Gasteiger partial charge is 0.481 e. The van der Waals surface area contributed by atoms with Gasteiger partial charge in [0, 0.05) is 42.1 Å². The van der Waals surface area contributed by atoms with Crippen molar-refractivity contribution in [1.29, 1.82) is 0 Å². The number of piperidine rings is 1. The molecule has 1 unspecified atom stereocenters. The van der Waals surface area contributed by atoms with Crippen molar-refractivity contribution >= 4 is 16.7 Å². The number of fused-ring (bicyclic) bond motifs is 1. The molecule has 2 aromatic heterocycles. The third kappa shape index (κ3) is 3.98. The van der Waals surface area contributed by atoms with Gasteiger partial charge in [-0.15, -0.1) is 0 Å². The average Bonchev–Trinajstić information content (AvgIpc) is 2.72. The second kappa shape index (κ2) is 7.84. The molecule has 27 heavy (non-hydrogen) atoms. The van der Waals surface area contributed by atoms with E-state index in [0.29, 0.717) is 12.8 Å². The van der Waals surface area contributed by atoms with Gasteiger partial charge >= 0.3 is 5.97 Å². The summed E-state index contributed by atoms with van der Waals surface area (Å²) in [6.07, 6.45) is 7.74. The average molecular weight is 361 g/mol. The molecule has 5 nitrogen and oxygen atoms in total. The molecule has 1 fully saturated rings. The van der Waals surface area contributed by atoms with Crippen LogP contribution < -0.4 is 0 Å². The summed E-state index contributed by atoms with van der Waals surface area (Å²) in [6.45, 7) is 1.59. The van der Waals surface area contributed by atoms with E-state index in [1.807, 2.05) is 36.8 Å². The number of carboxylic acids is 1. The van der Waals surface area contributed by atoms with Crippen molar-refractivity contribution in [3.05, 3.63) is 72.3 Å². The van der Waals surface area contributed by atoms with Crippen LogP contribution in [-0.2, 0) is 11.2 Å². The molecule has 0 radical (unpaired) electrons. The fourth-order valence-electron chi connectivity index (χ4n) is 3.94. The van der Waals surface area contributed by atoms with Crippen molar-refractivity contribution in [1.82, 2.24) is 14.9 Å². The van der Waals surface area contributed by atoms with Crippen LogP contribution in [0.3, 0.4) is 0 Å². The minimum absolute atomic E-state index is 0.187. The Hall–Kier alpha value is -2.79. The van der Waals surface area contributed by atoms with Gasteiger partial charge < -0.3 is 5.11 Å². The standard InChI is InChI=1S/C22H23N3O2/c26-22(27)16-7-11-25(12-8-16)21(14-20-3-1-2-9-24-20)18-4-5-19-15-23-10-6-17(19)13-18/h1-6,9-10,13,15-16,21H,7-8,11-12,14H2,(H,26,27). The highest BCUT2D eigenvalue weighted by molar-refractivity contribution is 5.82. The lowest BCUT2D eigenvalue weighted by Gasteiger charge is -2.37. The van der Waals surface area contributed by atoms with Gasteiger partial charge in [-0.05, 0) is 61.1 Å². The molecule has 0 saturated carbocycles. The number of likely N-dealkylation sites (tertiary alicyclic amines) is 1. The molecule has 0 spiro atoms. The van der Waals surface area contributed by atoms with Gasteiger partial charge in [-0.3, -0.25) is 19.7 Å². The summed E-state index contributed by atoms with van der Waals surface area (Å²) >= 11 is 0. The Morgan fingerprint density at radius 1 is 1.11 bits per heavy atom. The first-order chi connectivity index (χ1) is 13.2. The summed E-state index contributed by atoms with van der Waals surface area (Å²) in [6, 6.07) is 14.7. The zero-order chi connectivity index (χ0) is 18.6. The van der Waals surface area contributed by atoms with E-state index < -0.39 is 5.97 Å². The fourth-order valence-corrected chi connectivity index (χ4v) is 3.94. The first-order valence-electron chi connectivity index (χ1n) is 9.41. The molecule has 1 aliphatic heterocycles. The highest BCUT2D eigenvalue weighted by Crippen LogP contribution is 2.31. The quantitative estimate of drug-likeness (QED) is 0.750. The molecule has 1 saturated heterocycles. The van der Waals surface area contributed by atoms with E-state index in [9.17, 15) is 9.90 Å². The van der Waals surface area contributed by atoms with Crippen molar-refractivity contribution in [2.24, 2.45) is 5.92 Å². The van der Waals surface area contributed by atoms with E-state index >= 15 is 0 Å². The van der Waals surface area contributed by atoms with E-state index in [1.54, 1.807) is 0 Å². The lowest BCUT2D eigenvalue weighted by molar-refractivity contribution is -0.143. The number of nitrogens with zero attached hydrogens (tertiary/aromatic N) is 3. The molecule has 0 aliphatic carbocycles. The number of rotatable bonds is 5. The summed E-state index contributed by atoms with van der Waals surface area (Å²) in [5.74, 6) is -0.895. The molecule has 1 atom stereocenters. The number of pyridine rings is 2. The molecule has 0 amide bonds. The maximum Gasteiger partial charge on any atom is 0.306 e. The Morgan fingerprint density at radius 3 is 2.70 bits per heavy atom. The number of aliphatic carboxylic acids is 1. The Morgan fingerprint density at radius 2 is 1.96 bits per heavy atom. The zero-order valence-electron chi connectivity index (χ0n) is 15.2. The third-order valence-corrected chi connectivity index (χ3v) is 5.50. The van der Waals surface area contributed by atoms with Crippen molar-refractivity contribution in [3.63, 3.8) is 0 Å². The number of hydrogen-bond acceptors (Lipinski definition) is 4. The predicted octanol–water partition coefficient (Wildman–Crippen LogP) is 3.71. The fraction of sp³-hybridized carbons (Fsp3) is 0.318. The molecular formula is C22H23N3O2. The van der Waals surface area contributed by atoms with Gasteiger partial charge in [0.25, 0.3) is 0 Å². The van der Waals surface area contributed by atoms with Crippen LogP contribution >= 0.6 is 0 Å². The lowest BCUT2D eigenvalue weighted by Crippen LogP contribution is -2.39. The van der Waals surface area contributed by atoms with E-state index in [2.05, 4.69) is 39.1 Å². The second-order valence-corrected chi connectivity index (χ2v) is 7.17. The van der Waals surface area contributed by atoms with Crippen LogP contribution in [0.4, 0.5) is 0 Å². The van der Waals surface area contributed by atoms with Gasteiger partial charge in [0.05, 0.1) is 5.92 Å². The maximum absolute atomic E-state index is 11.3. The molecule has 5 heteroatoms. The Labute approximate surface area is 158 Å². The molecule has 4 rings (SSSR count). The van der Waals surface area contributed by atoms with Crippen LogP contribution in [0.15, 0.2) is 61.1 Å². The molecule has 3 heterocycles. The smallest absolute Gasteiger partial charge is 0.306 e. The van der Waals surface area contributed by atoms with E-state index in [1.165, 1.54) is 10.9 Å². The van der Waals surface area contributed by atoms with Gasteiger partial charge in [0.1, 0.15) is 0 Å². The van der Waals surface area contributed by atoms with Crippen LogP contribution in [0, 0.1) is 5.92 Å². The molecule has 1 N–H and O–H groups in total. The first kappa shape index (κ1) is 17.6. The van der Waals surface area contributed by atoms with Gasteiger partial charge in [-0.25, -0.2) is 0 Å². The monoisotopic (exact) mass is 361 g/mol. The van der Waals surface area contributed by atoms with Crippen LogP contribution in [0.25, 0.3) is 10.8 Å². The number of aromatic nitrogens is 2. The van der Waals surface area contributed by atoms with Crippen LogP contribution in [0.1, 0.15) is 30.1 Å². The summed E-state index contributed by atoms with van der Waals surface area (Å²) < 4.78 is 0. The Balaban J connectivity index is 1.64. The molecule has 1 aliphatic rings. The van der Waals surface area contributed by atoms with Crippen LogP contribution in [0.2, 0.25) is 0 Å². The van der Waals surface area contributed by atoms with Gasteiger partial charge in [-0.1, -0.05) is 18.2 Å². The molecular weight excluding hydrogens is 338 g/mol. The number of benzene rings is 1. The maximum atomic E-state index is 11.3. The van der Waals surface area contributed by atoms with Crippen LogP contribution in [0.5, 0.6) is 0 Å².